The van der Waals surface area contributed by atoms with Gasteiger partial charge in [0.15, 0.2) is 0 Å². The summed E-state index contributed by atoms with van der Waals surface area (Å²) in [5.74, 6) is 0.154. The molecule has 1 amide bonds. The van der Waals surface area contributed by atoms with Gasteiger partial charge in [-0.15, -0.1) is 0 Å². The van der Waals surface area contributed by atoms with E-state index >= 15 is 0 Å². The Morgan fingerprint density at radius 1 is 1.31 bits per heavy atom. The Bertz CT molecular complexity index is 885. The highest BCUT2D eigenvalue weighted by molar-refractivity contribution is 5.87. The molecule has 1 N–H and O–H groups in total. The smallest absolute Gasteiger partial charge is 0.410 e. The molecule has 9 nitrogen and oxygen atoms in total. The molecule has 0 saturated heterocycles. The number of nitrogens with zero attached hydrogens (tertiary/aromatic N) is 4. The molecular formula is C17H15N5O4. The molecule has 26 heavy (non-hydrogen) atoms. The number of carbonyl (C=O) groups excluding carboxylic acids is 1. The van der Waals surface area contributed by atoms with E-state index in [1.165, 1.54) is 30.3 Å². The number of nitrogens with one attached hydrogen (secondary N) is 1. The zero-order valence-electron chi connectivity index (χ0n) is 14.0. The van der Waals surface area contributed by atoms with Crippen LogP contribution in [0.15, 0.2) is 47.5 Å². The van der Waals surface area contributed by atoms with E-state index in [4.69, 9.17) is 4.74 Å². The average Bonchev–Trinajstić information content (AvgIpc) is 2.60. The second-order valence-electron chi connectivity index (χ2n) is 5.32. The van der Waals surface area contributed by atoms with Crippen LogP contribution < -0.4 is 10.1 Å². The fraction of sp³-hybridized carbons (Fsp3) is 0.118. The normalized spacial score (nSPS) is 10.2. The molecular weight excluding hydrogens is 338 g/mol. The number of nitro benzene ring substituents is 1. The molecule has 0 radical (unpaired) electrons. The summed E-state index contributed by atoms with van der Waals surface area (Å²) < 4.78 is 5.04. The van der Waals surface area contributed by atoms with Crippen molar-refractivity contribution in [2.45, 2.75) is 0 Å². The number of ether oxygens (including phenoxy) is 1. The number of nitro groups is 1. The van der Waals surface area contributed by atoms with E-state index in [-0.39, 0.29) is 17.0 Å². The van der Waals surface area contributed by atoms with E-state index in [0.29, 0.717) is 11.4 Å². The maximum atomic E-state index is 11.9. The zero-order chi connectivity index (χ0) is 19.1. The number of benzene rings is 2. The highest BCUT2D eigenvalue weighted by Crippen LogP contribution is 2.23. The van der Waals surface area contributed by atoms with Gasteiger partial charge in [-0.25, -0.2) is 9.79 Å². The summed E-state index contributed by atoms with van der Waals surface area (Å²) in [6.45, 7) is 0. The second kappa shape index (κ2) is 8.25. The van der Waals surface area contributed by atoms with Crippen LogP contribution in [-0.2, 0) is 0 Å². The minimum Gasteiger partial charge on any atom is -0.410 e. The Kier molecular flexibility index (Phi) is 5.84. The number of aliphatic imine (C=N–C) groups is 1. The van der Waals surface area contributed by atoms with Crippen LogP contribution in [0.4, 0.5) is 21.9 Å². The van der Waals surface area contributed by atoms with Crippen LogP contribution >= 0.6 is 0 Å². The molecule has 132 valence electrons. The maximum Gasteiger partial charge on any atom is 0.417 e. The van der Waals surface area contributed by atoms with Gasteiger partial charge in [0, 0.05) is 31.9 Å². The van der Waals surface area contributed by atoms with Gasteiger partial charge in [-0.1, -0.05) is 0 Å². The summed E-state index contributed by atoms with van der Waals surface area (Å²) in [7, 11) is 3.61. The van der Waals surface area contributed by atoms with Crippen LogP contribution in [0.3, 0.4) is 0 Å². The Balaban J connectivity index is 2.06. The van der Waals surface area contributed by atoms with Crippen molar-refractivity contribution in [3.63, 3.8) is 0 Å². The topological polar surface area (TPSA) is 121 Å². The molecule has 0 fully saturated rings. The Morgan fingerprint density at radius 3 is 2.58 bits per heavy atom. The van der Waals surface area contributed by atoms with Gasteiger partial charge in [-0.2, -0.15) is 5.26 Å². The zero-order valence-corrected chi connectivity index (χ0v) is 14.0. The monoisotopic (exact) mass is 353 g/mol. The second-order valence-corrected chi connectivity index (χ2v) is 5.32. The Labute approximate surface area is 149 Å². The van der Waals surface area contributed by atoms with Crippen LogP contribution in [0.1, 0.15) is 5.56 Å². The predicted molar refractivity (Wildman–Crippen MR) is 95.7 cm³/mol. The minimum atomic E-state index is -0.785. The molecule has 2 aromatic rings. The van der Waals surface area contributed by atoms with Crippen molar-refractivity contribution < 1.29 is 14.5 Å². The molecule has 0 bridgehead atoms. The average molecular weight is 353 g/mol. The van der Waals surface area contributed by atoms with Gasteiger partial charge in [0.05, 0.1) is 22.5 Å². The van der Waals surface area contributed by atoms with Crippen molar-refractivity contribution >= 4 is 29.5 Å². The third-order valence-electron chi connectivity index (χ3n) is 3.05. The van der Waals surface area contributed by atoms with Crippen LogP contribution in [0.2, 0.25) is 0 Å². The first-order valence-electron chi connectivity index (χ1n) is 7.37. The minimum absolute atomic E-state index is 0.106. The predicted octanol–water partition coefficient (Wildman–Crippen LogP) is 3.30. The summed E-state index contributed by atoms with van der Waals surface area (Å²) in [5.41, 5.74) is 1.01. The molecule has 9 heteroatoms. The fourth-order valence-corrected chi connectivity index (χ4v) is 1.88. The Hall–Kier alpha value is -3.93. The van der Waals surface area contributed by atoms with Gasteiger partial charge in [0.25, 0.3) is 5.69 Å². The molecule has 0 aromatic heterocycles. The van der Waals surface area contributed by atoms with Gasteiger partial charge < -0.3 is 9.64 Å². The number of anilines is 1. The van der Waals surface area contributed by atoms with E-state index in [1.54, 1.807) is 37.5 Å². The quantitative estimate of drug-likeness (QED) is 0.381. The van der Waals surface area contributed by atoms with Crippen molar-refractivity contribution in [1.29, 1.82) is 5.26 Å². The first-order chi connectivity index (χ1) is 12.4. The number of nitriles is 1. The lowest BCUT2D eigenvalue weighted by Gasteiger charge is -2.08. The molecule has 0 atom stereocenters. The number of hydrogen-bond acceptors (Lipinski definition) is 6. The summed E-state index contributed by atoms with van der Waals surface area (Å²) in [4.78, 5) is 27.9. The van der Waals surface area contributed by atoms with E-state index in [1.807, 2.05) is 6.07 Å². The van der Waals surface area contributed by atoms with Crippen molar-refractivity contribution in [1.82, 2.24) is 4.90 Å². The molecule has 0 aliphatic rings. The van der Waals surface area contributed by atoms with Gasteiger partial charge in [0.1, 0.15) is 11.8 Å². The highest BCUT2D eigenvalue weighted by atomic mass is 16.6. The fourth-order valence-electron chi connectivity index (χ4n) is 1.88. The summed E-state index contributed by atoms with van der Waals surface area (Å²) in [6, 6.07) is 11.8. The van der Waals surface area contributed by atoms with E-state index in [0.717, 1.165) is 0 Å². The SMILES string of the molecule is CN(C)C=Nc1ccc(NC(=O)Oc2ccc([N+](=O)[O-])cc2)cc1C#N. The lowest BCUT2D eigenvalue weighted by molar-refractivity contribution is -0.384. The molecule has 0 heterocycles. The highest BCUT2D eigenvalue weighted by Gasteiger charge is 2.10. The van der Waals surface area contributed by atoms with E-state index in [9.17, 15) is 20.2 Å². The van der Waals surface area contributed by atoms with Gasteiger partial charge >= 0.3 is 6.09 Å². The third kappa shape index (κ3) is 5.04. The first kappa shape index (κ1) is 18.4. The lowest BCUT2D eigenvalue weighted by atomic mass is 10.2. The summed E-state index contributed by atoms with van der Waals surface area (Å²) in [6.07, 6.45) is 0.777. The maximum absolute atomic E-state index is 11.9. The molecule has 0 aliphatic heterocycles. The van der Waals surface area contributed by atoms with Crippen LogP contribution in [0.25, 0.3) is 0 Å². The van der Waals surface area contributed by atoms with Crippen molar-refractivity contribution in [3.05, 3.63) is 58.1 Å². The largest absolute Gasteiger partial charge is 0.417 e. The molecule has 0 spiro atoms. The first-order valence-corrected chi connectivity index (χ1v) is 7.37. The number of rotatable bonds is 5. The number of amides is 1. The molecule has 2 rings (SSSR count). The summed E-state index contributed by atoms with van der Waals surface area (Å²) in [5, 5.41) is 22.3. The molecule has 0 saturated carbocycles. The van der Waals surface area contributed by atoms with Crippen LogP contribution in [0, 0.1) is 21.4 Å². The van der Waals surface area contributed by atoms with E-state index in [2.05, 4.69) is 10.3 Å². The Morgan fingerprint density at radius 2 is 2.00 bits per heavy atom. The number of hydrogen-bond donors (Lipinski definition) is 1. The van der Waals surface area contributed by atoms with Crippen molar-refractivity contribution in [2.75, 3.05) is 19.4 Å². The standard InChI is InChI=1S/C17H15N5O4/c1-21(2)11-19-16-8-3-13(9-12(16)10-18)20-17(23)26-15-6-4-14(5-7-15)22(24)25/h3-9,11H,1-2H3,(H,20,23). The van der Waals surface area contributed by atoms with Gasteiger partial charge in [-0.3, -0.25) is 15.4 Å². The molecule has 0 unspecified atom stereocenters. The lowest BCUT2D eigenvalue weighted by Crippen LogP contribution is -2.16. The van der Waals surface area contributed by atoms with Crippen LogP contribution in [-0.4, -0.2) is 36.4 Å². The summed E-state index contributed by atoms with van der Waals surface area (Å²) >= 11 is 0. The molecule has 2 aromatic carbocycles. The van der Waals surface area contributed by atoms with Gasteiger partial charge in [-0.05, 0) is 30.3 Å². The number of carbonyl (C=O) groups is 1. The van der Waals surface area contributed by atoms with Gasteiger partial charge in [0.2, 0.25) is 0 Å². The van der Waals surface area contributed by atoms with Crippen molar-refractivity contribution in [2.24, 2.45) is 4.99 Å². The van der Waals surface area contributed by atoms with Crippen molar-refractivity contribution in [3.8, 4) is 11.8 Å². The van der Waals surface area contributed by atoms with Crippen LogP contribution in [0.5, 0.6) is 5.75 Å². The van der Waals surface area contributed by atoms with E-state index < -0.39 is 11.0 Å². The molecule has 0 aliphatic carbocycles. The third-order valence-corrected chi connectivity index (χ3v) is 3.05. The number of non-ortho nitro benzene ring substituents is 1.